The van der Waals surface area contributed by atoms with Crippen LogP contribution in [0.1, 0.15) is 24.1 Å². The number of hydrogen-bond donors (Lipinski definition) is 2. The number of imidazole rings is 1. The van der Waals surface area contributed by atoms with E-state index in [0.29, 0.717) is 0 Å². The van der Waals surface area contributed by atoms with Crippen LogP contribution < -0.4 is 4.90 Å². The lowest BCUT2D eigenvalue weighted by atomic mass is 9.74. The van der Waals surface area contributed by atoms with E-state index in [9.17, 15) is 26.3 Å². The maximum atomic E-state index is 10.6. The number of carbonyl (C=O) groups is 2. The number of fused-ring (bicyclic) bond motifs is 2. The molecule has 0 amide bonds. The van der Waals surface area contributed by atoms with Gasteiger partial charge in [-0.3, -0.25) is 9.88 Å². The van der Waals surface area contributed by atoms with E-state index in [4.69, 9.17) is 19.8 Å². The highest BCUT2D eigenvalue weighted by Gasteiger charge is 2.45. The first kappa shape index (κ1) is 31.4. The Labute approximate surface area is 230 Å². The van der Waals surface area contributed by atoms with Gasteiger partial charge in [0.25, 0.3) is 0 Å². The van der Waals surface area contributed by atoms with E-state index >= 15 is 0 Å². The number of aryl methyl sites for hydroxylation is 1. The summed E-state index contributed by atoms with van der Waals surface area (Å²) in [6.45, 7) is 4.29. The molecule has 0 aliphatic carbocycles. The highest BCUT2D eigenvalue weighted by molar-refractivity contribution is 5.73. The summed E-state index contributed by atoms with van der Waals surface area (Å²) in [6, 6.07) is 13.1. The van der Waals surface area contributed by atoms with Crippen LogP contribution in [0.5, 0.6) is 0 Å². The second-order valence-corrected chi connectivity index (χ2v) is 9.47. The molecule has 1 saturated heterocycles. The molecule has 5 rings (SSSR count). The number of halogens is 6. The molecule has 1 fully saturated rings. The van der Waals surface area contributed by atoms with Crippen LogP contribution in [-0.4, -0.2) is 73.6 Å². The molecule has 2 aliphatic heterocycles. The van der Waals surface area contributed by atoms with Crippen LogP contribution in [0, 0.1) is 0 Å². The summed E-state index contributed by atoms with van der Waals surface area (Å²) in [5.41, 5.74) is 5.59. The van der Waals surface area contributed by atoms with Crippen molar-refractivity contribution in [2.24, 2.45) is 7.05 Å². The van der Waals surface area contributed by atoms with Crippen LogP contribution >= 0.6 is 0 Å². The zero-order valence-corrected chi connectivity index (χ0v) is 21.7. The van der Waals surface area contributed by atoms with E-state index in [-0.39, 0.29) is 5.41 Å². The van der Waals surface area contributed by atoms with Gasteiger partial charge in [-0.25, -0.2) is 14.6 Å². The lowest BCUT2D eigenvalue weighted by molar-refractivity contribution is -0.193. The summed E-state index contributed by atoms with van der Waals surface area (Å²) in [7, 11) is 2.08. The second kappa shape index (κ2) is 12.6. The second-order valence-electron chi connectivity index (χ2n) is 9.47. The van der Waals surface area contributed by atoms with Crippen molar-refractivity contribution < 1.29 is 46.1 Å². The summed E-state index contributed by atoms with van der Waals surface area (Å²) in [4.78, 5) is 31.4. The number of hydrogen-bond acceptors (Lipinski definition) is 6. The number of nitrogens with zero attached hydrogens (tertiary/aromatic N) is 5. The molecule has 15 heteroatoms. The first-order valence-corrected chi connectivity index (χ1v) is 12.2. The third-order valence-corrected chi connectivity index (χ3v) is 6.78. The van der Waals surface area contributed by atoms with Crippen LogP contribution in [0.15, 0.2) is 61.3 Å². The minimum absolute atomic E-state index is 0.245. The van der Waals surface area contributed by atoms with E-state index in [1.165, 1.54) is 35.5 Å². The zero-order valence-electron chi connectivity index (χ0n) is 21.7. The number of carboxylic acid groups (broad SMARTS) is 2. The zero-order chi connectivity index (χ0) is 30.4. The van der Waals surface area contributed by atoms with E-state index < -0.39 is 24.3 Å². The monoisotopic (exact) mass is 587 g/mol. The van der Waals surface area contributed by atoms with Gasteiger partial charge in [0, 0.05) is 43.6 Å². The van der Waals surface area contributed by atoms with Gasteiger partial charge in [0.2, 0.25) is 0 Å². The number of aliphatic carboxylic acids is 2. The van der Waals surface area contributed by atoms with Gasteiger partial charge in [-0.05, 0) is 49.7 Å². The molecule has 0 bridgehead atoms. The summed E-state index contributed by atoms with van der Waals surface area (Å²) in [5, 5.41) is 14.2. The van der Waals surface area contributed by atoms with Gasteiger partial charge >= 0.3 is 24.3 Å². The molecule has 0 saturated carbocycles. The van der Waals surface area contributed by atoms with Gasteiger partial charge in [0.05, 0.1) is 23.9 Å². The fraction of sp³-hybridized carbons (Fsp3) is 0.385. The molecular weight excluding hydrogens is 560 g/mol. The van der Waals surface area contributed by atoms with E-state index in [2.05, 4.69) is 61.7 Å². The van der Waals surface area contributed by atoms with Crippen LogP contribution in [0.2, 0.25) is 0 Å². The molecule has 1 aromatic carbocycles. The summed E-state index contributed by atoms with van der Waals surface area (Å²) >= 11 is 0. The van der Waals surface area contributed by atoms with Crippen LogP contribution in [0.4, 0.5) is 37.7 Å². The highest BCUT2D eigenvalue weighted by atomic mass is 19.4. The molecule has 0 unspecified atom stereocenters. The Balaban J connectivity index is 0.000000276. The predicted molar refractivity (Wildman–Crippen MR) is 134 cm³/mol. The average molecular weight is 588 g/mol. The SMILES string of the molecule is Cn1cncc1CN1CCC2(CC1)CN(c1cccnc1)c1ccccc12.O=C(O)C(F)(F)F.O=C(O)C(F)(F)F. The molecule has 1 spiro atoms. The van der Waals surface area contributed by atoms with Crippen molar-refractivity contribution in [3.63, 3.8) is 0 Å². The third-order valence-electron chi connectivity index (χ3n) is 6.78. The first-order valence-electron chi connectivity index (χ1n) is 12.2. The molecule has 2 N–H and O–H groups in total. The predicted octanol–water partition coefficient (Wildman–Crippen LogP) is 4.77. The molecule has 41 heavy (non-hydrogen) atoms. The van der Waals surface area contributed by atoms with Gasteiger partial charge in [0.15, 0.2) is 0 Å². The minimum atomic E-state index is -5.08. The number of alkyl halides is 6. The van der Waals surface area contributed by atoms with Gasteiger partial charge in [0.1, 0.15) is 0 Å². The third kappa shape index (κ3) is 7.96. The quantitative estimate of drug-likeness (QED) is 0.422. The number of pyridine rings is 1. The summed E-state index contributed by atoms with van der Waals surface area (Å²) < 4.78 is 65.6. The van der Waals surface area contributed by atoms with E-state index in [1.54, 1.807) is 0 Å². The Morgan fingerprint density at radius 2 is 1.49 bits per heavy atom. The van der Waals surface area contributed by atoms with Crippen molar-refractivity contribution in [3.8, 4) is 0 Å². The lowest BCUT2D eigenvalue weighted by Crippen LogP contribution is -2.44. The van der Waals surface area contributed by atoms with E-state index in [1.807, 2.05) is 31.0 Å². The molecule has 2 aliphatic rings. The van der Waals surface area contributed by atoms with Gasteiger partial charge in [-0.2, -0.15) is 26.3 Å². The number of benzene rings is 1. The van der Waals surface area contributed by atoms with Crippen molar-refractivity contribution in [2.75, 3.05) is 24.5 Å². The number of rotatable bonds is 3. The van der Waals surface area contributed by atoms with Crippen molar-refractivity contribution in [1.82, 2.24) is 19.4 Å². The topological polar surface area (TPSA) is 112 Å². The normalized spacial score (nSPS) is 16.2. The number of anilines is 2. The molecule has 2 aromatic heterocycles. The Morgan fingerprint density at radius 3 is 1.98 bits per heavy atom. The highest BCUT2D eigenvalue weighted by Crippen LogP contribution is 2.49. The smallest absolute Gasteiger partial charge is 0.475 e. The van der Waals surface area contributed by atoms with Gasteiger partial charge < -0.3 is 19.7 Å². The Kier molecular flexibility index (Phi) is 9.63. The largest absolute Gasteiger partial charge is 0.490 e. The number of piperidine rings is 1. The van der Waals surface area contributed by atoms with Crippen molar-refractivity contribution in [3.05, 3.63) is 72.6 Å². The van der Waals surface area contributed by atoms with Crippen molar-refractivity contribution in [1.29, 1.82) is 0 Å². The molecule has 3 aromatic rings. The maximum Gasteiger partial charge on any atom is 0.490 e. The van der Waals surface area contributed by atoms with Crippen LogP contribution in [0.3, 0.4) is 0 Å². The average Bonchev–Trinajstić information content (AvgIpc) is 3.46. The molecule has 0 atom stereocenters. The lowest BCUT2D eigenvalue weighted by Gasteiger charge is -2.40. The summed E-state index contributed by atoms with van der Waals surface area (Å²) in [6.07, 6.45) is -0.0814. The van der Waals surface area contributed by atoms with Crippen molar-refractivity contribution >= 4 is 23.3 Å². The molecule has 4 heterocycles. The summed E-state index contributed by atoms with van der Waals surface area (Å²) in [5.74, 6) is -5.51. The fourth-order valence-electron chi connectivity index (χ4n) is 4.71. The maximum absolute atomic E-state index is 10.6. The van der Waals surface area contributed by atoms with Gasteiger partial charge in [-0.1, -0.05) is 18.2 Å². The van der Waals surface area contributed by atoms with Crippen molar-refractivity contribution in [2.45, 2.75) is 37.2 Å². The minimum Gasteiger partial charge on any atom is -0.475 e. The number of carboxylic acids is 2. The number of para-hydroxylation sites is 1. The Morgan fingerprint density at radius 1 is 0.902 bits per heavy atom. The number of likely N-dealkylation sites (tertiary alicyclic amines) is 1. The molecule has 222 valence electrons. The molecule has 9 nitrogen and oxygen atoms in total. The first-order chi connectivity index (χ1) is 19.1. The fourth-order valence-corrected chi connectivity index (χ4v) is 4.71. The standard InChI is InChI=1S/C22H25N5.2C2HF3O2/c1-25-17-24-14-19(25)15-26-11-8-22(9-12-26)16-27(18-5-4-10-23-13-18)21-7-3-2-6-20(21)22;2*3-2(4,5)1(6)7/h2-7,10,13-14,17H,8-9,11-12,15-16H2,1H3;2*(H,6,7). The van der Waals surface area contributed by atoms with E-state index in [0.717, 1.165) is 26.2 Å². The Bertz CT molecular complexity index is 1300. The molecular formula is C26H27F6N5O4. The number of aromatic nitrogens is 3. The molecule has 0 radical (unpaired) electrons. The van der Waals surface area contributed by atoms with Gasteiger partial charge in [-0.15, -0.1) is 0 Å². The Hall–Kier alpha value is -4.14. The van der Waals surface area contributed by atoms with Crippen LogP contribution in [-0.2, 0) is 28.6 Å². The van der Waals surface area contributed by atoms with Crippen LogP contribution in [0.25, 0.3) is 0 Å².